The van der Waals surface area contributed by atoms with Crippen molar-refractivity contribution in [1.29, 1.82) is 0 Å². The van der Waals surface area contributed by atoms with E-state index in [1.807, 2.05) is 16.9 Å². The van der Waals surface area contributed by atoms with Crippen LogP contribution in [0.3, 0.4) is 0 Å². The van der Waals surface area contributed by atoms with Crippen molar-refractivity contribution in [3.63, 3.8) is 0 Å². The van der Waals surface area contributed by atoms with Crippen LogP contribution < -0.4 is 15.5 Å². The number of nitrogens with zero attached hydrogens (tertiary/aromatic N) is 4. The van der Waals surface area contributed by atoms with Crippen molar-refractivity contribution < 1.29 is 0 Å². The first-order chi connectivity index (χ1) is 14.2. The highest BCUT2D eigenvalue weighted by Crippen LogP contribution is 2.12. The molecule has 1 aromatic heterocycles. The van der Waals surface area contributed by atoms with Gasteiger partial charge in [-0.2, -0.15) is 5.10 Å². The summed E-state index contributed by atoms with van der Waals surface area (Å²) in [5.74, 6) is 0.836. The molecule has 3 rings (SSSR count). The molecular formula is C23H31IN6. The molecule has 0 spiro atoms. The van der Waals surface area contributed by atoms with Crippen molar-refractivity contribution in [2.45, 2.75) is 12.8 Å². The normalized spacial score (nSPS) is 11.0. The smallest absolute Gasteiger partial charge is 0.190 e. The Kier molecular flexibility index (Phi) is 9.66. The van der Waals surface area contributed by atoms with E-state index in [9.17, 15) is 0 Å². The molecule has 2 aromatic carbocycles. The van der Waals surface area contributed by atoms with E-state index in [1.165, 1.54) is 16.8 Å². The zero-order valence-corrected chi connectivity index (χ0v) is 20.2. The van der Waals surface area contributed by atoms with Crippen LogP contribution in [0.5, 0.6) is 0 Å². The lowest BCUT2D eigenvalue weighted by atomic mass is 10.1. The van der Waals surface area contributed by atoms with E-state index in [1.54, 1.807) is 13.2 Å². The Balaban J connectivity index is 0.00000320. The largest absolute Gasteiger partial charge is 0.378 e. The first-order valence-corrected chi connectivity index (χ1v) is 9.95. The Labute approximate surface area is 196 Å². The molecule has 0 aliphatic heterocycles. The number of anilines is 1. The minimum atomic E-state index is 0. The van der Waals surface area contributed by atoms with Crippen molar-refractivity contribution in [3.05, 3.63) is 78.1 Å². The van der Waals surface area contributed by atoms with Crippen LogP contribution in [0.1, 0.15) is 11.1 Å². The molecule has 0 atom stereocenters. The maximum Gasteiger partial charge on any atom is 0.190 e. The Bertz CT molecular complexity index is 886. The lowest BCUT2D eigenvalue weighted by Gasteiger charge is -2.14. The van der Waals surface area contributed by atoms with Crippen molar-refractivity contribution in [2.75, 3.05) is 39.1 Å². The minimum Gasteiger partial charge on any atom is -0.378 e. The summed E-state index contributed by atoms with van der Waals surface area (Å²) in [6, 6.07) is 19.1. The Morgan fingerprint density at radius 2 is 1.50 bits per heavy atom. The molecule has 6 nitrogen and oxygen atoms in total. The molecule has 0 aliphatic carbocycles. The molecule has 0 saturated heterocycles. The molecule has 30 heavy (non-hydrogen) atoms. The van der Waals surface area contributed by atoms with Gasteiger partial charge in [0.2, 0.25) is 0 Å². The maximum atomic E-state index is 4.31. The number of hydrogen-bond acceptors (Lipinski definition) is 3. The number of rotatable bonds is 8. The fraction of sp³-hybridized carbons (Fsp3) is 0.304. The fourth-order valence-electron chi connectivity index (χ4n) is 3.07. The quantitative estimate of drug-likeness (QED) is 0.272. The van der Waals surface area contributed by atoms with Crippen LogP contribution in [0, 0.1) is 0 Å². The zero-order chi connectivity index (χ0) is 20.5. The van der Waals surface area contributed by atoms with Gasteiger partial charge in [-0.15, -0.1) is 24.0 Å². The third-order valence-electron chi connectivity index (χ3n) is 4.79. The first kappa shape index (κ1) is 23.7. The summed E-state index contributed by atoms with van der Waals surface area (Å²) in [6.07, 6.45) is 5.63. The van der Waals surface area contributed by atoms with Crippen LogP contribution >= 0.6 is 24.0 Å². The SMILES string of the molecule is CN=C(NCCc1ccc(N(C)C)cc1)NCCc1ccc(-n2cccn2)cc1.I. The highest BCUT2D eigenvalue weighted by atomic mass is 127. The second kappa shape index (κ2) is 12.2. The van der Waals surface area contributed by atoms with E-state index in [4.69, 9.17) is 0 Å². The number of hydrogen-bond donors (Lipinski definition) is 2. The lowest BCUT2D eigenvalue weighted by Crippen LogP contribution is -2.39. The second-order valence-electron chi connectivity index (χ2n) is 7.10. The van der Waals surface area contributed by atoms with Crippen LogP contribution in [0.4, 0.5) is 5.69 Å². The van der Waals surface area contributed by atoms with Crippen LogP contribution in [-0.2, 0) is 12.8 Å². The van der Waals surface area contributed by atoms with E-state index >= 15 is 0 Å². The Hall–Kier alpha value is -2.55. The molecule has 160 valence electrons. The van der Waals surface area contributed by atoms with Gasteiger partial charge in [0.1, 0.15) is 0 Å². The third-order valence-corrected chi connectivity index (χ3v) is 4.79. The Morgan fingerprint density at radius 3 is 1.97 bits per heavy atom. The Morgan fingerprint density at radius 1 is 0.933 bits per heavy atom. The third kappa shape index (κ3) is 7.05. The molecule has 0 unspecified atom stereocenters. The van der Waals surface area contributed by atoms with Crippen LogP contribution in [0.25, 0.3) is 5.69 Å². The van der Waals surface area contributed by atoms with Gasteiger partial charge in [-0.05, 0) is 54.3 Å². The van der Waals surface area contributed by atoms with E-state index in [0.29, 0.717) is 0 Å². The standard InChI is InChI=1S/C23H30N6.HI/c1-24-23(25-16-13-19-5-9-21(10-6-19)28(2)3)26-17-14-20-7-11-22(12-8-20)29-18-4-15-27-29;/h4-12,15,18H,13-14,16-17H2,1-3H3,(H2,24,25,26);1H. The van der Waals surface area contributed by atoms with Crippen LogP contribution in [-0.4, -0.2) is 50.0 Å². The summed E-state index contributed by atoms with van der Waals surface area (Å²) in [4.78, 5) is 6.42. The van der Waals surface area contributed by atoms with E-state index in [-0.39, 0.29) is 24.0 Å². The molecule has 0 aliphatic rings. The molecule has 0 fully saturated rings. The molecule has 2 N–H and O–H groups in total. The molecule has 0 bridgehead atoms. The van der Waals surface area contributed by atoms with Gasteiger partial charge in [0.25, 0.3) is 0 Å². The second-order valence-corrected chi connectivity index (χ2v) is 7.10. The highest BCUT2D eigenvalue weighted by molar-refractivity contribution is 14.0. The van der Waals surface area contributed by atoms with Crippen molar-refractivity contribution in [1.82, 2.24) is 20.4 Å². The van der Waals surface area contributed by atoms with Crippen LogP contribution in [0.15, 0.2) is 72.0 Å². The molecule has 3 aromatic rings. The van der Waals surface area contributed by atoms with E-state index < -0.39 is 0 Å². The summed E-state index contributed by atoms with van der Waals surface area (Å²) in [5, 5.41) is 11.0. The van der Waals surface area contributed by atoms with Crippen molar-refractivity contribution in [3.8, 4) is 5.69 Å². The summed E-state index contributed by atoms with van der Waals surface area (Å²) in [5.41, 5.74) is 4.89. The van der Waals surface area contributed by atoms with E-state index in [0.717, 1.165) is 37.6 Å². The van der Waals surface area contributed by atoms with Crippen LogP contribution in [0.2, 0.25) is 0 Å². The number of guanidine groups is 1. The highest BCUT2D eigenvalue weighted by Gasteiger charge is 2.01. The van der Waals surface area contributed by atoms with Crippen molar-refractivity contribution >= 4 is 35.6 Å². The summed E-state index contributed by atoms with van der Waals surface area (Å²) < 4.78 is 1.86. The van der Waals surface area contributed by atoms with Gasteiger partial charge in [0.05, 0.1) is 5.69 Å². The molecular weight excluding hydrogens is 487 g/mol. The van der Waals surface area contributed by atoms with Gasteiger partial charge in [-0.1, -0.05) is 24.3 Å². The van der Waals surface area contributed by atoms with Gasteiger partial charge in [0, 0.05) is 52.3 Å². The number of aromatic nitrogens is 2. The predicted octanol–water partition coefficient (Wildman–Crippen LogP) is 3.51. The van der Waals surface area contributed by atoms with E-state index in [2.05, 4.69) is 88.3 Å². The van der Waals surface area contributed by atoms with Gasteiger partial charge in [-0.3, -0.25) is 4.99 Å². The molecule has 0 saturated carbocycles. The lowest BCUT2D eigenvalue weighted by molar-refractivity contribution is 0.784. The topological polar surface area (TPSA) is 57.5 Å². The fourth-order valence-corrected chi connectivity index (χ4v) is 3.07. The number of benzene rings is 2. The average molecular weight is 518 g/mol. The molecule has 7 heteroatoms. The summed E-state index contributed by atoms with van der Waals surface area (Å²) in [7, 11) is 5.92. The minimum absolute atomic E-state index is 0. The van der Waals surface area contributed by atoms with Gasteiger partial charge in [-0.25, -0.2) is 4.68 Å². The predicted molar refractivity (Wildman–Crippen MR) is 137 cm³/mol. The average Bonchev–Trinajstić information content (AvgIpc) is 3.28. The number of nitrogens with one attached hydrogen (secondary N) is 2. The maximum absolute atomic E-state index is 4.31. The van der Waals surface area contributed by atoms with Gasteiger partial charge >= 0.3 is 0 Å². The monoisotopic (exact) mass is 518 g/mol. The molecule has 1 heterocycles. The van der Waals surface area contributed by atoms with Crippen molar-refractivity contribution in [2.24, 2.45) is 4.99 Å². The van der Waals surface area contributed by atoms with Gasteiger partial charge < -0.3 is 15.5 Å². The number of halogens is 1. The number of aliphatic imine (C=N–C) groups is 1. The zero-order valence-electron chi connectivity index (χ0n) is 17.9. The molecule has 0 radical (unpaired) electrons. The van der Waals surface area contributed by atoms with Gasteiger partial charge in [0.15, 0.2) is 5.96 Å². The summed E-state index contributed by atoms with van der Waals surface area (Å²) in [6.45, 7) is 1.68. The summed E-state index contributed by atoms with van der Waals surface area (Å²) >= 11 is 0. The first-order valence-electron chi connectivity index (χ1n) is 9.95. The molecule has 0 amide bonds.